The molecule has 4 rings (SSSR count). The number of aromatic nitrogens is 3. The minimum absolute atomic E-state index is 0.126. The van der Waals surface area contributed by atoms with Gasteiger partial charge in [0, 0.05) is 11.3 Å². The fourth-order valence-electron chi connectivity index (χ4n) is 2.86. The lowest BCUT2D eigenvalue weighted by Gasteiger charge is -2.08. The summed E-state index contributed by atoms with van der Waals surface area (Å²) in [4.78, 5) is 29.3. The number of nitrogens with one attached hydrogen (secondary N) is 1. The maximum atomic E-state index is 12.8. The predicted octanol–water partition coefficient (Wildman–Crippen LogP) is 1.81. The van der Waals surface area contributed by atoms with Gasteiger partial charge in [0.05, 0.1) is 11.2 Å². The summed E-state index contributed by atoms with van der Waals surface area (Å²) in [5.74, 6) is -0.516. The molecule has 0 aliphatic rings. The predicted molar refractivity (Wildman–Crippen MR) is 114 cm³/mol. The van der Waals surface area contributed by atoms with Crippen LogP contribution >= 0.6 is 11.5 Å². The van der Waals surface area contributed by atoms with Crippen LogP contribution in [0.15, 0.2) is 70.6 Å². The van der Waals surface area contributed by atoms with E-state index >= 15 is 0 Å². The molecule has 0 spiro atoms. The van der Waals surface area contributed by atoms with E-state index in [-0.39, 0.29) is 22.7 Å². The van der Waals surface area contributed by atoms with Crippen LogP contribution in [0.3, 0.4) is 0 Å². The number of hydrogen-bond acceptors (Lipinski definition) is 7. The molecule has 0 aliphatic heterocycles. The van der Waals surface area contributed by atoms with Crippen LogP contribution in [-0.4, -0.2) is 28.2 Å². The second-order valence-electron chi connectivity index (χ2n) is 6.37. The van der Waals surface area contributed by atoms with Gasteiger partial charge in [-0.3, -0.25) is 14.2 Å². The van der Waals surface area contributed by atoms with Crippen molar-refractivity contribution in [3.05, 3.63) is 71.3 Å². The lowest BCUT2D eigenvalue weighted by Crippen LogP contribution is -2.27. The molecule has 2 aromatic heterocycles. The third-order valence-corrected chi connectivity index (χ3v) is 5.99. The highest BCUT2D eigenvalue weighted by Crippen LogP contribution is 2.26. The Hall–Kier alpha value is -3.41. The van der Waals surface area contributed by atoms with Gasteiger partial charge in [0.2, 0.25) is 15.9 Å². The molecular formula is C19H15N5O4S2. The van der Waals surface area contributed by atoms with Crippen LogP contribution in [0.2, 0.25) is 0 Å². The number of fused-ring (bicyclic) bond motifs is 1. The van der Waals surface area contributed by atoms with Crippen LogP contribution in [0, 0.1) is 0 Å². The van der Waals surface area contributed by atoms with Gasteiger partial charge in [-0.05, 0) is 29.7 Å². The maximum Gasteiger partial charge on any atom is 0.273 e. The number of carbonyl (C=O) groups is 1. The molecule has 30 heavy (non-hydrogen) atoms. The summed E-state index contributed by atoms with van der Waals surface area (Å²) in [5.41, 5.74) is 1.81. The highest BCUT2D eigenvalue weighted by Gasteiger charge is 2.16. The lowest BCUT2D eigenvalue weighted by molar-refractivity contribution is -0.116. The average Bonchev–Trinajstić information content (AvgIpc) is 3.15. The van der Waals surface area contributed by atoms with Gasteiger partial charge >= 0.3 is 0 Å². The van der Waals surface area contributed by atoms with Crippen molar-refractivity contribution in [2.75, 3.05) is 5.32 Å². The van der Waals surface area contributed by atoms with Crippen molar-refractivity contribution in [2.45, 2.75) is 11.4 Å². The fraction of sp³-hybridized carbons (Fsp3) is 0.0526. The molecule has 0 saturated carbocycles. The van der Waals surface area contributed by atoms with Gasteiger partial charge in [-0.2, -0.15) is 4.37 Å². The van der Waals surface area contributed by atoms with Crippen LogP contribution in [0.25, 0.3) is 21.5 Å². The van der Waals surface area contributed by atoms with Crippen molar-refractivity contribution in [1.29, 1.82) is 0 Å². The zero-order chi connectivity index (χ0) is 21.3. The van der Waals surface area contributed by atoms with Gasteiger partial charge in [0.15, 0.2) is 0 Å². The number of rotatable bonds is 5. The summed E-state index contributed by atoms with van der Waals surface area (Å²) in [7, 11) is -3.89. The first-order valence-electron chi connectivity index (χ1n) is 8.66. The largest absolute Gasteiger partial charge is 0.324 e. The van der Waals surface area contributed by atoms with Crippen molar-refractivity contribution in [2.24, 2.45) is 5.14 Å². The molecule has 3 N–H and O–H groups in total. The molecule has 2 aromatic carbocycles. The highest BCUT2D eigenvalue weighted by atomic mass is 32.2. The van der Waals surface area contributed by atoms with Crippen molar-refractivity contribution in [3.63, 3.8) is 0 Å². The Morgan fingerprint density at radius 3 is 2.63 bits per heavy atom. The molecule has 4 aromatic rings. The summed E-state index contributed by atoms with van der Waals surface area (Å²) in [6, 6.07) is 14.9. The van der Waals surface area contributed by atoms with Gasteiger partial charge in [-0.15, -0.1) is 0 Å². The summed E-state index contributed by atoms with van der Waals surface area (Å²) in [6.45, 7) is -0.292. The number of amides is 1. The minimum atomic E-state index is -3.89. The van der Waals surface area contributed by atoms with Gasteiger partial charge in [-0.1, -0.05) is 36.4 Å². The van der Waals surface area contributed by atoms with Crippen molar-refractivity contribution in [3.8, 4) is 11.3 Å². The molecule has 0 unspecified atom stereocenters. The monoisotopic (exact) mass is 441 g/mol. The van der Waals surface area contributed by atoms with E-state index in [9.17, 15) is 18.0 Å². The Morgan fingerprint density at radius 1 is 1.13 bits per heavy atom. The number of carbonyl (C=O) groups excluding carboxylic acids is 1. The quantitative estimate of drug-likeness (QED) is 0.484. The fourth-order valence-corrected chi connectivity index (χ4v) is 4.22. The normalized spacial score (nSPS) is 11.5. The third-order valence-electron chi connectivity index (χ3n) is 4.26. The molecule has 0 radical (unpaired) electrons. The van der Waals surface area contributed by atoms with Gasteiger partial charge in [0.1, 0.15) is 22.5 Å². The molecule has 0 saturated heterocycles. The molecular weight excluding hydrogens is 426 g/mol. The van der Waals surface area contributed by atoms with Gasteiger partial charge in [0.25, 0.3) is 5.56 Å². The van der Waals surface area contributed by atoms with E-state index < -0.39 is 15.9 Å². The molecule has 2 heterocycles. The second kappa shape index (κ2) is 7.78. The molecule has 11 heteroatoms. The number of hydrogen-bond donors (Lipinski definition) is 2. The number of anilines is 1. The number of nitrogens with zero attached hydrogens (tertiary/aromatic N) is 3. The highest BCUT2D eigenvalue weighted by molar-refractivity contribution is 7.89. The first-order valence-corrected chi connectivity index (χ1v) is 11.0. The molecule has 0 aliphatic carbocycles. The topological polar surface area (TPSA) is 137 Å². The van der Waals surface area contributed by atoms with E-state index in [4.69, 9.17) is 5.14 Å². The smallest absolute Gasteiger partial charge is 0.273 e. The molecule has 1 amide bonds. The van der Waals surface area contributed by atoms with Crippen molar-refractivity contribution < 1.29 is 13.2 Å². The van der Waals surface area contributed by atoms with E-state index in [2.05, 4.69) is 14.7 Å². The van der Waals surface area contributed by atoms with Crippen LogP contribution in [0.5, 0.6) is 0 Å². The summed E-state index contributed by atoms with van der Waals surface area (Å²) < 4.78 is 28.8. The van der Waals surface area contributed by atoms with E-state index in [1.807, 2.05) is 30.3 Å². The molecule has 0 fully saturated rings. The lowest BCUT2D eigenvalue weighted by atomic mass is 10.1. The van der Waals surface area contributed by atoms with E-state index in [0.29, 0.717) is 15.9 Å². The molecule has 152 valence electrons. The van der Waals surface area contributed by atoms with E-state index in [0.717, 1.165) is 17.1 Å². The van der Waals surface area contributed by atoms with E-state index in [1.54, 1.807) is 0 Å². The average molecular weight is 441 g/mol. The number of benzene rings is 2. The van der Waals surface area contributed by atoms with Crippen LogP contribution < -0.4 is 16.0 Å². The second-order valence-corrected chi connectivity index (χ2v) is 8.71. The standard InChI is InChI=1S/C19H15N5O4S2/c20-30(27,28)14-8-4-7-13(9-14)22-15(25)10-24-11-21-17-16(12-5-2-1-3-6-12)23-29-18(17)19(24)26/h1-9,11H,10H2,(H,22,25)(H2,20,27,28). The number of primary sulfonamides is 1. The van der Waals surface area contributed by atoms with Crippen molar-refractivity contribution in [1.82, 2.24) is 13.9 Å². The minimum Gasteiger partial charge on any atom is -0.324 e. The zero-order valence-electron chi connectivity index (χ0n) is 15.3. The number of nitrogens with two attached hydrogens (primary N) is 1. The first kappa shape index (κ1) is 19.9. The summed E-state index contributed by atoms with van der Waals surface area (Å²) in [6.07, 6.45) is 1.30. The van der Waals surface area contributed by atoms with Crippen LogP contribution in [-0.2, 0) is 21.4 Å². The molecule has 9 nitrogen and oxygen atoms in total. The Bertz CT molecular complexity index is 1410. The van der Waals surface area contributed by atoms with Gasteiger partial charge < -0.3 is 5.32 Å². The SMILES string of the molecule is NS(=O)(=O)c1cccc(NC(=O)Cn2cnc3c(-c4ccccc4)nsc3c2=O)c1. The van der Waals surface area contributed by atoms with Crippen LogP contribution in [0.1, 0.15) is 0 Å². The first-order chi connectivity index (χ1) is 14.3. The summed E-state index contributed by atoms with van der Waals surface area (Å²) in [5, 5.41) is 7.65. The maximum absolute atomic E-state index is 12.8. The van der Waals surface area contributed by atoms with Gasteiger partial charge in [-0.25, -0.2) is 18.5 Å². The molecule has 0 bridgehead atoms. The molecule has 0 atom stereocenters. The Kier molecular flexibility index (Phi) is 5.16. The third kappa shape index (κ3) is 3.99. The zero-order valence-corrected chi connectivity index (χ0v) is 17.0. The Morgan fingerprint density at radius 2 is 1.90 bits per heavy atom. The summed E-state index contributed by atoms with van der Waals surface area (Å²) >= 11 is 1.03. The Labute approximate surface area is 175 Å². The van der Waals surface area contributed by atoms with Crippen LogP contribution in [0.4, 0.5) is 5.69 Å². The number of sulfonamides is 1. The van der Waals surface area contributed by atoms with Crippen molar-refractivity contribution >= 4 is 43.4 Å². The van der Waals surface area contributed by atoms with E-state index in [1.165, 1.54) is 35.2 Å². The Balaban J connectivity index is 1.58.